The summed E-state index contributed by atoms with van der Waals surface area (Å²) >= 11 is 0. The zero-order valence-corrected chi connectivity index (χ0v) is 14.2. The highest BCUT2D eigenvalue weighted by atomic mass is 16.5. The number of rotatable bonds is 2. The minimum Gasteiger partial charge on any atom is -0.493 e. The molecule has 126 valence electrons. The van der Waals surface area contributed by atoms with Crippen molar-refractivity contribution in [2.24, 2.45) is 0 Å². The van der Waals surface area contributed by atoms with E-state index in [1.165, 1.54) is 19.3 Å². The van der Waals surface area contributed by atoms with Crippen molar-refractivity contribution in [3.8, 4) is 28.5 Å². The van der Waals surface area contributed by atoms with Crippen molar-refractivity contribution in [3.05, 3.63) is 36.4 Å². The second kappa shape index (κ2) is 5.62. The van der Waals surface area contributed by atoms with E-state index in [1.807, 2.05) is 30.3 Å². The van der Waals surface area contributed by atoms with Crippen LogP contribution in [0.15, 0.2) is 36.4 Å². The Bertz CT molecular complexity index is 965. The minimum atomic E-state index is 0.706. The van der Waals surface area contributed by atoms with Gasteiger partial charge in [-0.3, -0.25) is 0 Å². The molecule has 5 heteroatoms. The molecule has 2 aliphatic rings. The minimum absolute atomic E-state index is 0.706. The molecule has 0 spiro atoms. The first-order chi connectivity index (χ1) is 12.3. The molecule has 0 atom stereocenters. The number of hydrogen-bond donors (Lipinski definition) is 0. The molecule has 5 nitrogen and oxygen atoms in total. The smallest absolute Gasteiger partial charge is 0.226 e. The lowest BCUT2D eigenvalue weighted by Crippen LogP contribution is -2.31. The highest BCUT2D eigenvalue weighted by Crippen LogP contribution is 2.49. The molecule has 0 radical (unpaired) electrons. The monoisotopic (exact) mass is 333 g/mol. The summed E-state index contributed by atoms with van der Waals surface area (Å²) in [5, 5.41) is 0.929. The van der Waals surface area contributed by atoms with Gasteiger partial charge in [0, 0.05) is 18.7 Å². The Balaban J connectivity index is 1.79. The van der Waals surface area contributed by atoms with E-state index in [-0.39, 0.29) is 0 Å². The zero-order chi connectivity index (χ0) is 16.8. The summed E-state index contributed by atoms with van der Waals surface area (Å²) < 4.78 is 11.6. The van der Waals surface area contributed by atoms with E-state index < -0.39 is 0 Å². The van der Waals surface area contributed by atoms with E-state index in [0.717, 1.165) is 46.9 Å². The maximum atomic E-state index is 6.14. The SMILES string of the molecule is COc1ccc2nc(N3CCCCC3)nc3c2c1Oc1ccccc1-3. The summed E-state index contributed by atoms with van der Waals surface area (Å²) in [6.07, 6.45) is 3.68. The van der Waals surface area contributed by atoms with Crippen molar-refractivity contribution in [3.63, 3.8) is 0 Å². The number of fused-ring (bicyclic) bond motifs is 2. The molecular formula is C20H19N3O2. The molecule has 0 aliphatic carbocycles. The number of methoxy groups -OCH3 is 1. The van der Waals surface area contributed by atoms with Crippen LogP contribution in [0.2, 0.25) is 0 Å². The van der Waals surface area contributed by atoms with E-state index >= 15 is 0 Å². The van der Waals surface area contributed by atoms with Crippen LogP contribution in [0.5, 0.6) is 17.2 Å². The second-order valence-electron chi connectivity index (χ2n) is 6.51. The standard InChI is InChI=1S/C20H19N3O2/c1-24-16-10-9-14-17-18(13-7-3-4-8-15(13)25-19(16)17)22-20(21-14)23-11-5-2-6-12-23/h3-4,7-10H,2,5-6,11-12H2,1H3. The predicted molar refractivity (Wildman–Crippen MR) is 97.7 cm³/mol. The Kier molecular flexibility index (Phi) is 3.26. The number of piperidine rings is 1. The van der Waals surface area contributed by atoms with Crippen molar-refractivity contribution in [2.45, 2.75) is 19.3 Å². The topological polar surface area (TPSA) is 47.5 Å². The van der Waals surface area contributed by atoms with Crippen molar-refractivity contribution >= 4 is 16.9 Å². The molecule has 0 unspecified atom stereocenters. The number of hydrogen-bond acceptors (Lipinski definition) is 5. The molecule has 25 heavy (non-hydrogen) atoms. The Hall–Kier alpha value is -2.82. The Morgan fingerprint density at radius 1 is 1.00 bits per heavy atom. The van der Waals surface area contributed by atoms with Crippen LogP contribution >= 0.6 is 0 Å². The molecule has 0 amide bonds. The normalized spacial score (nSPS) is 15.6. The maximum absolute atomic E-state index is 6.14. The van der Waals surface area contributed by atoms with Crippen molar-refractivity contribution < 1.29 is 9.47 Å². The molecule has 3 heterocycles. The summed E-state index contributed by atoms with van der Waals surface area (Å²) in [6, 6.07) is 11.9. The molecule has 2 aromatic carbocycles. The lowest BCUT2D eigenvalue weighted by atomic mass is 10.0. The zero-order valence-electron chi connectivity index (χ0n) is 14.2. The summed E-state index contributed by atoms with van der Waals surface area (Å²) in [5.41, 5.74) is 2.84. The van der Waals surface area contributed by atoms with E-state index in [2.05, 4.69) is 11.0 Å². The number of ether oxygens (including phenoxy) is 2. The van der Waals surface area contributed by atoms with Crippen molar-refractivity contribution in [2.75, 3.05) is 25.1 Å². The third kappa shape index (κ3) is 2.22. The van der Waals surface area contributed by atoms with Gasteiger partial charge >= 0.3 is 0 Å². The van der Waals surface area contributed by atoms with Crippen LogP contribution in [0.3, 0.4) is 0 Å². The average molecular weight is 333 g/mol. The predicted octanol–water partition coefficient (Wildman–Crippen LogP) is 4.40. The van der Waals surface area contributed by atoms with Gasteiger partial charge in [-0.15, -0.1) is 0 Å². The third-order valence-electron chi connectivity index (χ3n) is 4.98. The van der Waals surface area contributed by atoms with Gasteiger partial charge in [-0.1, -0.05) is 12.1 Å². The van der Waals surface area contributed by atoms with Gasteiger partial charge in [0.25, 0.3) is 0 Å². The van der Waals surface area contributed by atoms with Gasteiger partial charge in [0.15, 0.2) is 11.5 Å². The summed E-state index contributed by atoms with van der Waals surface area (Å²) in [5.74, 6) is 3.04. The number of para-hydroxylation sites is 1. The van der Waals surface area contributed by atoms with E-state index in [4.69, 9.17) is 19.4 Å². The number of aromatic nitrogens is 2. The molecule has 0 N–H and O–H groups in total. The first kappa shape index (κ1) is 14.5. The number of anilines is 1. The molecule has 1 aromatic heterocycles. The lowest BCUT2D eigenvalue weighted by molar-refractivity contribution is 0.381. The van der Waals surface area contributed by atoms with Crippen LogP contribution < -0.4 is 14.4 Å². The van der Waals surface area contributed by atoms with Crippen LogP contribution in [0.4, 0.5) is 5.95 Å². The van der Waals surface area contributed by atoms with E-state index in [0.29, 0.717) is 11.5 Å². The molecule has 1 saturated heterocycles. The lowest BCUT2D eigenvalue weighted by Gasteiger charge is -2.28. The molecule has 0 saturated carbocycles. The quantitative estimate of drug-likeness (QED) is 0.544. The van der Waals surface area contributed by atoms with E-state index in [9.17, 15) is 0 Å². The van der Waals surface area contributed by atoms with Crippen LogP contribution in [0.1, 0.15) is 19.3 Å². The largest absolute Gasteiger partial charge is 0.493 e. The average Bonchev–Trinajstić information content (AvgIpc) is 2.69. The molecule has 3 aromatic rings. The van der Waals surface area contributed by atoms with Gasteiger partial charge in [-0.25, -0.2) is 9.97 Å². The summed E-state index contributed by atoms with van der Waals surface area (Å²) in [7, 11) is 1.66. The van der Waals surface area contributed by atoms with Crippen LogP contribution in [-0.4, -0.2) is 30.2 Å². The van der Waals surface area contributed by atoms with Gasteiger partial charge < -0.3 is 14.4 Å². The van der Waals surface area contributed by atoms with Crippen LogP contribution in [0, 0.1) is 0 Å². The van der Waals surface area contributed by atoms with Crippen molar-refractivity contribution in [1.29, 1.82) is 0 Å². The number of nitrogens with zero attached hydrogens (tertiary/aromatic N) is 3. The maximum Gasteiger partial charge on any atom is 0.226 e. The molecule has 0 bridgehead atoms. The molecular weight excluding hydrogens is 314 g/mol. The van der Waals surface area contributed by atoms with Gasteiger partial charge in [0.05, 0.1) is 23.7 Å². The van der Waals surface area contributed by atoms with Gasteiger partial charge in [-0.05, 0) is 43.5 Å². The Labute approximate surface area is 146 Å². The third-order valence-corrected chi connectivity index (χ3v) is 4.98. The van der Waals surface area contributed by atoms with Crippen LogP contribution in [-0.2, 0) is 0 Å². The summed E-state index contributed by atoms with van der Waals surface area (Å²) in [6.45, 7) is 2.04. The van der Waals surface area contributed by atoms with Gasteiger partial charge in [0.2, 0.25) is 5.95 Å². The molecule has 1 fully saturated rings. The Morgan fingerprint density at radius 3 is 2.68 bits per heavy atom. The van der Waals surface area contributed by atoms with Gasteiger partial charge in [0.1, 0.15) is 5.75 Å². The fraction of sp³-hybridized carbons (Fsp3) is 0.300. The van der Waals surface area contributed by atoms with E-state index in [1.54, 1.807) is 7.11 Å². The van der Waals surface area contributed by atoms with Gasteiger partial charge in [-0.2, -0.15) is 0 Å². The fourth-order valence-electron chi connectivity index (χ4n) is 3.72. The first-order valence-corrected chi connectivity index (χ1v) is 8.76. The summed E-state index contributed by atoms with van der Waals surface area (Å²) in [4.78, 5) is 12.1. The van der Waals surface area contributed by atoms with Crippen LogP contribution in [0.25, 0.3) is 22.2 Å². The molecule has 2 aliphatic heterocycles. The van der Waals surface area contributed by atoms with Crippen molar-refractivity contribution in [1.82, 2.24) is 9.97 Å². The first-order valence-electron chi connectivity index (χ1n) is 8.76. The highest BCUT2D eigenvalue weighted by Gasteiger charge is 2.27. The number of benzene rings is 2. The molecule has 5 rings (SSSR count). The second-order valence-corrected chi connectivity index (χ2v) is 6.51. The Morgan fingerprint density at radius 2 is 1.84 bits per heavy atom. The fourth-order valence-corrected chi connectivity index (χ4v) is 3.72. The highest BCUT2D eigenvalue weighted by molar-refractivity contribution is 6.02.